The zero-order valence-corrected chi connectivity index (χ0v) is 13.8. The normalized spacial score (nSPS) is 22.9. The van der Waals surface area contributed by atoms with Crippen molar-refractivity contribution in [2.45, 2.75) is 52.5 Å². The SMILES string of the molecule is CC(C)(C)C1CCCCC1Nc1ccc(Cl)c(C(N)=O)c1. The van der Waals surface area contributed by atoms with Crippen LogP contribution in [-0.4, -0.2) is 11.9 Å². The Morgan fingerprint density at radius 1 is 1.29 bits per heavy atom. The fourth-order valence-electron chi connectivity index (χ4n) is 3.36. The van der Waals surface area contributed by atoms with Gasteiger partial charge in [-0.15, -0.1) is 0 Å². The average molecular weight is 309 g/mol. The molecule has 1 aliphatic carbocycles. The molecule has 21 heavy (non-hydrogen) atoms. The molecule has 1 amide bonds. The molecular weight excluding hydrogens is 284 g/mol. The number of nitrogens with one attached hydrogen (secondary N) is 1. The second-order valence-electron chi connectivity index (χ2n) is 7.07. The van der Waals surface area contributed by atoms with Crippen molar-refractivity contribution >= 4 is 23.2 Å². The average Bonchev–Trinajstić information content (AvgIpc) is 2.40. The molecule has 0 aliphatic heterocycles. The molecule has 1 aromatic carbocycles. The second-order valence-corrected chi connectivity index (χ2v) is 7.47. The molecule has 0 heterocycles. The van der Waals surface area contributed by atoms with E-state index in [9.17, 15) is 4.79 Å². The van der Waals surface area contributed by atoms with Crippen LogP contribution in [0, 0.1) is 11.3 Å². The Morgan fingerprint density at radius 2 is 1.95 bits per heavy atom. The van der Waals surface area contributed by atoms with Crippen molar-refractivity contribution in [1.29, 1.82) is 0 Å². The van der Waals surface area contributed by atoms with E-state index in [1.165, 1.54) is 19.3 Å². The summed E-state index contributed by atoms with van der Waals surface area (Å²) in [5, 5.41) is 4.00. The standard InChI is InChI=1S/C17H25ClN2O/c1-17(2,3)13-6-4-5-7-15(13)20-11-8-9-14(18)12(10-11)16(19)21/h8-10,13,15,20H,4-7H2,1-3H3,(H2,19,21). The maximum atomic E-state index is 11.4. The van der Waals surface area contributed by atoms with Gasteiger partial charge in [0.15, 0.2) is 0 Å². The maximum absolute atomic E-state index is 11.4. The van der Waals surface area contributed by atoms with Gasteiger partial charge in [0.05, 0.1) is 10.6 Å². The minimum absolute atomic E-state index is 0.275. The first-order valence-corrected chi connectivity index (χ1v) is 8.02. The van der Waals surface area contributed by atoms with E-state index >= 15 is 0 Å². The van der Waals surface area contributed by atoms with Gasteiger partial charge in [0.2, 0.25) is 5.91 Å². The molecule has 2 unspecified atom stereocenters. The van der Waals surface area contributed by atoms with E-state index in [2.05, 4.69) is 26.1 Å². The van der Waals surface area contributed by atoms with Crippen molar-refractivity contribution in [3.05, 3.63) is 28.8 Å². The quantitative estimate of drug-likeness (QED) is 0.866. The van der Waals surface area contributed by atoms with E-state index in [0.29, 0.717) is 22.5 Å². The molecule has 1 aromatic rings. The number of halogens is 1. The third-order valence-electron chi connectivity index (χ3n) is 4.46. The molecule has 0 bridgehead atoms. The fraction of sp³-hybridized carbons (Fsp3) is 0.588. The van der Waals surface area contributed by atoms with Crippen LogP contribution in [0.4, 0.5) is 5.69 Å². The number of carbonyl (C=O) groups is 1. The highest BCUT2D eigenvalue weighted by Crippen LogP contribution is 2.39. The van der Waals surface area contributed by atoms with Crippen LogP contribution in [0.5, 0.6) is 0 Å². The van der Waals surface area contributed by atoms with Crippen LogP contribution in [0.3, 0.4) is 0 Å². The molecule has 2 rings (SSSR count). The van der Waals surface area contributed by atoms with Crippen LogP contribution in [0.2, 0.25) is 5.02 Å². The highest BCUT2D eigenvalue weighted by molar-refractivity contribution is 6.33. The molecule has 0 radical (unpaired) electrons. The Kier molecular flexibility index (Phi) is 4.82. The third-order valence-corrected chi connectivity index (χ3v) is 4.79. The van der Waals surface area contributed by atoms with E-state index in [4.69, 9.17) is 17.3 Å². The summed E-state index contributed by atoms with van der Waals surface area (Å²) in [6.07, 6.45) is 4.96. The van der Waals surface area contributed by atoms with Gasteiger partial charge in [-0.05, 0) is 42.4 Å². The number of primary amides is 1. The number of carbonyl (C=O) groups excluding carboxylic acids is 1. The Labute approximate surface area is 132 Å². The first-order chi connectivity index (χ1) is 9.79. The van der Waals surface area contributed by atoms with Crippen LogP contribution < -0.4 is 11.1 Å². The molecule has 3 nitrogen and oxygen atoms in total. The van der Waals surface area contributed by atoms with E-state index in [1.54, 1.807) is 12.1 Å². The number of anilines is 1. The lowest BCUT2D eigenvalue weighted by Crippen LogP contribution is -2.39. The van der Waals surface area contributed by atoms with Crippen LogP contribution >= 0.6 is 11.6 Å². The monoisotopic (exact) mass is 308 g/mol. The number of hydrogen-bond donors (Lipinski definition) is 2. The minimum atomic E-state index is -0.486. The lowest BCUT2D eigenvalue weighted by atomic mass is 9.69. The third kappa shape index (κ3) is 3.91. The Hall–Kier alpha value is -1.22. The Morgan fingerprint density at radius 3 is 2.57 bits per heavy atom. The summed E-state index contributed by atoms with van der Waals surface area (Å²) >= 11 is 6.01. The lowest BCUT2D eigenvalue weighted by molar-refractivity contribution is 0.100. The van der Waals surface area contributed by atoms with Crippen molar-refractivity contribution in [3.63, 3.8) is 0 Å². The molecule has 116 valence electrons. The molecule has 1 aliphatic rings. The number of hydrogen-bond acceptors (Lipinski definition) is 2. The van der Waals surface area contributed by atoms with Crippen LogP contribution in [-0.2, 0) is 0 Å². The Balaban J connectivity index is 2.20. The molecule has 1 fully saturated rings. The van der Waals surface area contributed by atoms with E-state index in [-0.39, 0.29) is 5.41 Å². The predicted octanol–water partition coefficient (Wildman–Crippen LogP) is 4.46. The van der Waals surface area contributed by atoms with Crippen LogP contribution in [0.15, 0.2) is 18.2 Å². The lowest BCUT2D eigenvalue weighted by Gasteiger charge is -2.41. The van der Waals surface area contributed by atoms with E-state index < -0.39 is 5.91 Å². The molecule has 4 heteroatoms. The number of amides is 1. The van der Waals surface area contributed by atoms with Gasteiger partial charge in [-0.1, -0.05) is 45.2 Å². The summed E-state index contributed by atoms with van der Waals surface area (Å²) < 4.78 is 0. The molecule has 1 saturated carbocycles. The van der Waals surface area contributed by atoms with Gasteiger partial charge in [-0.3, -0.25) is 4.79 Å². The molecule has 0 saturated heterocycles. The summed E-state index contributed by atoms with van der Waals surface area (Å²) in [5.74, 6) is 0.138. The fourth-order valence-corrected chi connectivity index (χ4v) is 3.57. The van der Waals surface area contributed by atoms with Gasteiger partial charge in [0.25, 0.3) is 0 Å². The number of nitrogens with two attached hydrogens (primary N) is 1. The van der Waals surface area contributed by atoms with Gasteiger partial charge < -0.3 is 11.1 Å². The minimum Gasteiger partial charge on any atom is -0.382 e. The maximum Gasteiger partial charge on any atom is 0.250 e. The second kappa shape index (κ2) is 6.27. The number of rotatable bonds is 3. The van der Waals surface area contributed by atoms with E-state index in [0.717, 1.165) is 12.1 Å². The topological polar surface area (TPSA) is 55.1 Å². The van der Waals surface area contributed by atoms with Gasteiger partial charge >= 0.3 is 0 Å². The van der Waals surface area contributed by atoms with Crippen molar-refractivity contribution in [1.82, 2.24) is 0 Å². The van der Waals surface area contributed by atoms with Crippen molar-refractivity contribution in [2.24, 2.45) is 17.1 Å². The predicted molar refractivity (Wildman–Crippen MR) is 88.8 cm³/mol. The highest BCUT2D eigenvalue weighted by atomic mass is 35.5. The summed E-state index contributed by atoms with van der Waals surface area (Å²) in [4.78, 5) is 11.4. The smallest absolute Gasteiger partial charge is 0.250 e. The van der Waals surface area contributed by atoms with Crippen molar-refractivity contribution in [3.8, 4) is 0 Å². The molecule has 0 aromatic heterocycles. The Bertz CT molecular complexity index is 522. The summed E-state index contributed by atoms with van der Waals surface area (Å²) in [6, 6.07) is 5.85. The van der Waals surface area contributed by atoms with Crippen molar-refractivity contribution < 1.29 is 4.79 Å². The first kappa shape index (κ1) is 16.2. The zero-order chi connectivity index (χ0) is 15.6. The number of benzene rings is 1. The molecule has 3 N–H and O–H groups in total. The summed E-state index contributed by atoms with van der Waals surface area (Å²) in [5.41, 5.74) is 6.94. The molecule has 0 spiro atoms. The highest BCUT2D eigenvalue weighted by Gasteiger charge is 2.34. The summed E-state index contributed by atoms with van der Waals surface area (Å²) in [7, 11) is 0. The van der Waals surface area contributed by atoms with Crippen molar-refractivity contribution in [2.75, 3.05) is 5.32 Å². The zero-order valence-electron chi connectivity index (χ0n) is 13.1. The van der Waals surface area contributed by atoms with Crippen LogP contribution in [0.1, 0.15) is 56.8 Å². The molecule has 2 atom stereocenters. The largest absolute Gasteiger partial charge is 0.382 e. The summed E-state index contributed by atoms with van der Waals surface area (Å²) in [6.45, 7) is 6.90. The van der Waals surface area contributed by atoms with Gasteiger partial charge in [-0.2, -0.15) is 0 Å². The van der Waals surface area contributed by atoms with E-state index in [1.807, 2.05) is 6.07 Å². The van der Waals surface area contributed by atoms with Gasteiger partial charge in [0.1, 0.15) is 0 Å². The first-order valence-electron chi connectivity index (χ1n) is 7.65. The molecular formula is C17H25ClN2O. The van der Waals surface area contributed by atoms with Gasteiger partial charge in [-0.25, -0.2) is 0 Å². The van der Waals surface area contributed by atoms with Crippen LogP contribution in [0.25, 0.3) is 0 Å². The van der Waals surface area contributed by atoms with Gasteiger partial charge in [0, 0.05) is 11.7 Å².